The SMILES string of the molecule is CC(C)(C)CC(C)(C)c1cc(-n2nc3cc4c(cc3n2)C(=O)N(c2ccccc2)C4=O)c(O)c(C(C)(C)c2ccccc2)c1. The topological polar surface area (TPSA) is 88.3 Å². The average Bonchev–Trinajstić information content (AvgIpc) is 3.49. The van der Waals surface area contributed by atoms with Gasteiger partial charge in [-0.2, -0.15) is 0 Å². The number of nitrogens with zero attached hydrogens (tertiary/aromatic N) is 4. The van der Waals surface area contributed by atoms with Crippen LogP contribution in [-0.2, 0) is 10.8 Å². The predicted octanol–water partition coefficient (Wildman–Crippen LogP) is 7.97. The molecule has 1 N–H and O–H groups in total. The molecule has 0 radical (unpaired) electrons. The molecule has 0 saturated carbocycles. The highest BCUT2D eigenvalue weighted by molar-refractivity contribution is 6.35. The molecule has 0 atom stereocenters. The van der Waals surface area contributed by atoms with Gasteiger partial charge in [-0.15, -0.1) is 15.0 Å². The highest BCUT2D eigenvalue weighted by Crippen LogP contribution is 2.45. The molecule has 2 amide bonds. The highest BCUT2D eigenvalue weighted by atomic mass is 16.3. The number of benzene rings is 4. The second-order valence-electron chi connectivity index (χ2n) is 14.2. The highest BCUT2D eigenvalue weighted by Gasteiger charge is 2.38. The third-order valence-corrected chi connectivity index (χ3v) is 8.63. The molecular formula is C37H38N4O3. The van der Waals surface area contributed by atoms with Crippen molar-refractivity contribution in [2.45, 2.75) is 65.7 Å². The number of phenolic OH excluding ortho intramolecular Hbond substituents is 1. The zero-order valence-corrected chi connectivity index (χ0v) is 26.3. The molecule has 2 heterocycles. The maximum atomic E-state index is 13.4. The van der Waals surface area contributed by atoms with Crippen LogP contribution in [0.4, 0.5) is 5.69 Å². The lowest BCUT2D eigenvalue weighted by Gasteiger charge is -2.35. The Bertz CT molecular complexity index is 1860. The monoisotopic (exact) mass is 586 g/mol. The molecule has 0 unspecified atom stereocenters. The Morgan fingerprint density at radius 3 is 1.73 bits per heavy atom. The van der Waals surface area contributed by atoms with Crippen molar-refractivity contribution in [1.29, 1.82) is 0 Å². The van der Waals surface area contributed by atoms with E-state index >= 15 is 0 Å². The van der Waals surface area contributed by atoms with E-state index in [1.54, 1.807) is 36.4 Å². The molecule has 0 bridgehead atoms. The van der Waals surface area contributed by atoms with Crippen molar-refractivity contribution < 1.29 is 14.7 Å². The number of aromatic nitrogens is 3. The molecule has 1 aromatic heterocycles. The minimum atomic E-state index is -0.526. The smallest absolute Gasteiger partial charge is 0.266 e. The lowest BCUT2D eigenvalue weighted by atomic mass is 9.70. The van der Waals surface area contributed by atoms with E-state index in [-0.39, 0.29) is 27.7 Å². The van der Waals surface area contributed by atoms with Crippen LogP contribution in [-0.4, -0.2) is 31.9 Å². The van der Waals surface area contributed by atoms with Gasteiger partial charge < -0.3 is 5.11 Å². The molecule has 1 aliphatic heterocycles. The van der Waals surface area contributed by atoms with Crippen molar-refractivity contribution in [3.63, 3.8) is 0 Å². The molecule has 4 aromatic carbocycles. The number of hydrogen-bond donors (Lipinski definition) is 1. The summed E-state index contributed by atoms with van der Waals surface area (Å²) in [5, 5.41) is 21.4. The molecule has 0 spiro atoms. The number of para-hydroxylation sites is 1. The van der Waals surface area contributed by atoms with E-state index in [4.69, 9.17) is 10.2 Å². The van der Waals surface area contributed by atoms with Crippen LogP contribution in [0.3, 0.4) is 0 Å². The van der Waals surface area contributed by atoms with Crippen molar-refractivity contribution in [2.75, 3.05) is 4.90 Å². The van der Waals surface area contributed by atoms with Gasteiger partial charge in [0.05, 0.1) is 16.8 Å². The second-order valence-corrected chi connectivity index (χ2v) is 14.2. The minimum absolute atomic E-state index is 0.0720. The van der Waals surface area contributed by atoms with Crippen molar-refractivity contribution >= 4 is 28.5 Å². The third kappa shape index (κ3) is 4.96. The van der Waals surface area contributed by atoms with Gasteiger partial charge in [-0.3, -0.25) is 9.59 Å². The molecule has 44 heavy (non-hydrogen) atoms. The van der Waals surface area contributed by atoms with E-state index in [0.717, 1.165) is 23.1 Å². The number of fused-ring (bicyclic) bond motifs is 2. The molecule has 6 rings (SSSR count). The van der Waals surface area contributed by atoms with E-state index < -0.39 is 17.2 Å². The van der Waals surface area contributed by atoms with Gasteiger partial charge in [-0.1, -0.05) is 103 Å². The zero-order chi connectivity index (χ0) is 31.6. The molecule has 7 nitrogen and oxygen atoms in total. The molecule has 0 fully saturated rings. The summed E-state index contributed by atoms with van der Waals surface area (Å²) in [4.78, 5) is 29.3. The fourth-order valence-corrected chi connectivity index (χ4v) is 6.65. The van der Waals surface area contributed by atoms with Gasteiger partial charge in [0.1, 0.15) is 22.5 Å². The lowest BCUT2D eigenvalue weighted by Crippen LogP contribution is -2.29. The van der Waals surface area contributed by atoms with Gasteiger partial charge in [-0.05, 0) is 58.7 Å². The Labute approximate surface area is 258 Å². The quantitative estimate of drug-likeness (QED) is 0.204. The van der Waals surface area contributed by atoms with Crippen LogP contribution in [0.15, 0.2) is 84.9 Å². The zero-order valence-electron chi connectivity index (χ0n) is 26.3. The van der Waals surface area contributed by atoms with E-state index in [2.05, 4.69) is 66.7 Å². The van der Waals surface area contributed by atoms with Crippen molar-refractivity contribution in [3.8, 4) is 11.4 Å². The number of anilines is 1. The Kier molecular flexibility index (Phi) is 6.76. The van der Waals surface area contributed by atoms with E-state index in [0.29, 0.717) is 22.4 Å². The van der Waals surface area contributed by atoms with E-state index in [9.17, 15) is 14.7 Å². The maximum absolute atomic E-state index is 13.4. The van der Waals surface area contributed by atoms with Crippen LogP contribution >= 0.6 is 0 Å². The average molecular weight is 587 g/mol. The minimum Gasteiger partial charge on any atom is -0.505 e. The summed E-state index contributed by atoms with van der Waals surface area (Å²) in [7, 11) is 0. The number of aromatic hydroxyl groups is 1. The van der Waals surface area contributed by atoms with Gasteiger partial charge in [0.25, 0.3) is 11.8 Å². The van der Waals surface area contributed by atoms with Crippen LogP contribution in [0.2, 0.25) is 0 Å². The first-order valence-electron chi connectivity index (χ1n) is 15.0. The standard InChI is InChI=1S/C37H38N4O3/c1-35(2,3)22-36(4,5)24-18-28(37(6,7)23-14-10-8-11-15-23)32(42)31(19-24)41-38-29-20-26-27(21-30(29)39-41)34(44)40(33(26)43)25-16-12-9-13-17-25/h8-21,42H,22H2,1-7H3. The molecule has 7 heteroatoms. The molecule has 224 valence electrons. The van der Waals surface area contributed by atoms with Gasteiger partial charge in [0.15, 0.2) is 0 Å². The molecule has 5 aromatic rings. The molecule has 0 saturated heterocycles. The predicted molar refractivity (Wildman–Crippen MR) is 174 cm³/mol. The lowest BCUT2D eigenvalue weighted by molar-refractivity contribution is 0.0926. The van der Waals surface area contributed by atoms with Gasteiger partial charge in [-0.25, -0.2) is 4.90 Å². The van der Waals surface area contributed by atoms with Gasteiger partial charge in [0, 0.05) is 11.0 Å². The molecular weight excluding hydrogens is 548 g/mol. The summed E-state index contributed by atoms with van der Waals surface area (Å²) >= 11 is 0. The number of rotatable bonds is 6. The van der Waals surface area contributed by atoms with Crippen molar-refractivity contribution in [1.82, 2.24) is 15.0 Å². The van der Waals surface area contributed by atoms with Crippen LogP contribution in [0, 0.1) is 5.41 Å². The summed E-state index contributed by atoms with van der Waals surface area (Å²) in [6, 6.07) is 26.3. The Morgan fingerprint density at radius 2 is 1.20 bits per heavy atom. The first-order chi connectivity index (χ1) is 20.7. The summed E-state index contributed by atoms with van der Waals surface area (Å²) in [6.45, 7) is 15.3. The largest absolute Gasteiger partial charge is 0.505 e. The summed E-state index contributed by atoms with van der Waals surface area (Å²) < 4.78 is 0. The van der Waals surface area contributed by atoms with E-state index in [1.807, 2.05) is 30.3 Å². The first-order valence-corrected chi connectivity index (χ1v) is 15.0. The van der Waals surface area contributed by atoms with Crippen molar-refractivity contribution in [3.05, 3.63) is 113 Å². The van der Waals surface area contributed by atoms with Gasteiger partial charge in [0.2, 0.25) is 0 Å². The Balaban J connectivity index is 1.50. The number of carbonyl (C=O) groups excluding carboxylic acids is 2. The Morgan fingerprint density at radius 1 is 0.682 bits per heavy atom. The van der Waals surface area contributed by atoms with Crippen molar-refractivity contribution in [2.24, 2.45) is 5.41 Å². The fourth-order valence-electron chi connectivity index (χ4n) is 6.65. The van der Waals surface area contributed by atoms with Crippen LogP contribution < -0.4 is 4.90 Å². The van der Waals surface area contributed by atoms with Crippen LogP contribution in [0.5, 0.6) is 5.75 Å². The number of amides is 2. The summed E-state index contributed by atoms with van der Waals surface area (Å²) in [6.07, 6.45) is 0.915. The summed E-state index contributed by atoms with van der Waals surface area (Å²) in [5.41, 5.74) is 4.68. The normalized spacial score (nSPS) is 14.0. The number of phenols is 1. The number of carbonyl (C=O) groups is 2. The first kappa shape index (κ1) is 29.3. The molecule has 1 aliphatic rings. The number of imide groups is 1. The van der Waals surface area contributed by atoms with E-state index in [1.165, 1.54) is 9.70 Å². The fraction of sp³-hybridized carbons (Fsp3) is 0.297. The second kappa shape index (κ2) is 10.2. The van der Waals surface area contributed by atoms with Gasteiger partial charge >= 0.3 is 0 Å². The molecule has 0 aliphatic carbocycles. The third-order valence-electron chi connectivity index (χ3n) is 8.63. The number of hydrogen-bond acceptors (Lipinski definition) is 5. The van der Waals surface area contributed by atoms with Crippen LogP contribution in [0.1, 0.15) is 92.3 Å². The maximum Gasteiger partial charge on any atom is 0.266 e. The summed E-state index contributed by atoms with van der Waals surface area (Å²) in [5.74, 6) is -0.703. The van der Waals surface area contributed by atoms with Crippen LogP contribution in [0.25, 0.3) is 16.7 Å². The Hall–Kier alpha value is -4.78.